The molecule has 312 valence electrons. The molecule has 66 heavy (non-hydrogen) atoms. The number of rotatable bonds is 5. The van der Waals surface area contributed by atoms with E-state index in [9.17, 15) is 0 Å². The summed E-state index contributed by atoms with van der Waals surface area (Å²) < 4.78 is 11.6. The summed E-state index contributed by atoms with van der Waals surface area (Å²) in [5.41, 5.74) is 17.9. The molecule has 0 bridgehead atoms. The van der Waals surface area contributed by atoms with Crippen LogP contribution in [0.2, 0.25) is 0 Å². The molecule has 3 heteroatoms. The smallest absolute Gasteiger partial charge is 0.143 e. The molecule has 13 rings (SSSR count). The molecule has 0 radical (unpaired) electrons. The van der Waals surface area contributed by atoms with Gasteiger partial charge in [0.2, 0.25) is 0 Å². The van der Waals surface area contributed by atoms with Crippen molar-refractivity contribution in [2.45, 2.75) is 19.3 Å². The molecule has 0 atom stereocenters. The standard InChI is InChI=1S/C63H44N2O/c1-63(2)37-36-46(22-14-19-41-18-6-10-31-55(41)63)64-57-33-12-8-25-54(57)60-47(26-17-34-58(60)64)42-38-43(40-44(39-42)49-28-16-30-53-51-24-9-13-35-59(51)66-62(49)53)48-27-15-29-52-50-23-7-11-32-56(50)65(61(48)52)45-20-4-3-5-21-45/h3-40H,1-2H3/b19-14+,37-36+,46-22+. The molecule has 0 aliphatic heterocycles. The molecule has 1 aliphatic carbocycles. The van der Waals surface area contributed by atoms with Crippen LogP contribution < -0.4 is 0 Å². The minimum absolute atomic E-state index is 0.178. The minimum atomic E-state index is -0.178. The highest BCUT2D eigenvalue weighted by Crippen LogP contribution is 2.45. The second-order valence-corrected chi connectivity index (χ2v) is 18.1. The third-order valence-electron chi connectivity index (χ3n) is 13.8. The monoisotopic (exact) mass is 844 g/mol. The van der Waals surface area contributed by atoms with Gasteiger partial charge in [0.25, 0.3) is 0 Å². The van der Waals surface area contributed by atoms with Gasteiger partial charge in [0.15, 0.2) is 0 Å². The average molecular weight is 845 g/mol. The summed E-state index contributed by atoms with van der Waals surface area (Å²) in [6.07, 6.45) is 11.4. The zero-order valence-corrected chi connectivity index (χ0v) is 36.7. The molecule has 9 aromatic carbocycles. The van der Waals surface area contributed by atoms with Crippen molar-refractivity contribution in [3.05, 3.63) is 236 Å². The van der Waals surface area contributed by atoms with Crippen molar-refractivity contribution in [3.8, 4) is 39.1 Å². The molecule has 12 aromatic rings. The first-order chi connectivity index (χ1) is 32.5. The predicted octanol–water partition coefficient (Wildman–Crippen LogP) is 17.2. The molecule has 3 nitrogen and oxygen atoms in total. The van der Waals surface area contributed by atoms with E-state index in [0.29, 0.717) is 0 Å². The van der Waals surface area contributed by atoms with Crippen molar-refractivity contribution in [1.82, 2.24) is 9.13 Å². The van der Waals surface area contributed by atoms with Gasteiger partial charge < -0.3 is 13.6 Å². The van der Waals surface area contributed by atoms with Crippen LogP contribution in [0.15, 0.2) is 229 Å². The molecular formula is C63H44N2O. The van der Waals surface area contributed by atoms with Crippen LogP contribution in [0.5, 0.6) is 0 Å². The Hall–Kier alpha value is -8.40. The van der Waals surface area contributed by atoms with Crippen molar-refractivity contribution in [2.24, 2.45) is 0 Å². The summed E-state index contributed by atoms with van der Waals surface area (Å²) in [5, 5.41) is 7.12. The first-order valence-corrected chi connectivity index (χ1v) is 22.8. The molecule has 0 unspecified atom stereocenters. The van der Waals surface area contributed by atoms with Gasteiger partial charge in [0.1, 0.15) is 11.2 Å². The van der Waals surface area contributed by atoms with Gasteiger partial charge in [-0.05, 0) is 100 Å². The molecular weight excluding hydrogens is 801 g/mol. The van der Waals surface area contributed by atoms with E-state index in [0.717, 1.165) is 61.1 Å². The lowest BCUT2D eigenvalue weighted by Gasteiger charge is -2.23. The number of furan rings is 1. The van der Waals surface area contributed by atoms with Crippen molar-refractivity contribution >= 4 is 77.3 Å². The molecule has 0 spiro atoms. The number of benzene rings is 9. The second-order valence-electron chi connectivity index (χ2n) is 18.1. The lowest BCUT2D eigenvalue weighted by Crippen LogP contribution is -2.15. The third-order valence-corrected chi connectivity index (χ3v) is 13.8. The van der Waals surface area contributed by atoms with Crippen molar-refractivity contribution in [1.29, 1.82) is 0 Å². The summed E-state index contributed by atoms with van der Waals surface area (Å²) in [6, 6.07) is 72.8. The molecule has 0 N–H and O–H groups in total. The summed E-state index contributed by atoms with van der Waals surface area (Å²) in [5.74, 6) is 0. The van der Waals surface area contributed by atoms with E-state index in [1.807, 2.05) is 6.07 Å². The van der Waals surface area contributed by atoms with Gasteiger partial charge in [-0.2, -0.15) is 0 Å². The van der Waals surface area contributed by atoms with Crippen molar-refractivity contribution in [2.75, 3.05) is 0 Å². The Morgan fingerprint density at radius 1 is 0.439 bits per heavy atom. The number of fused-ring (bicyclic) bond motifs is 10. The van der Waals surface area contributed by atoms with E-state index in [-0.39, 0.29) is 5.41 Å². The van der Waals surface area contributed by atoms with Crippen LogP contribution in [0.1, 0.15) is 25.0 Å². The fraction of sp³-hybridized carbons (Fsp3) is 0.0476. The third kappa shape index (κ3) is 5.90. The van der Waals surface area contributed by atoms with Crippen LogP contribution in [-0.2, 0) is 5.41 Å². The summed E-state index contributed by atoms with van der Waals surface area (Å²) in [7, 11) is 0. The zero-order valence-electron chi connectivity index (χ0n) is 36.7. The highest BCUT2D eigenvalue weighted by Gasteiger charge is 2.24. The number of hydrogen-bond donors (Lipinski definition) is 0. The normalized spacial score (nSPS) is 15.5. The lowest BCUT2D eigenvalue weighted by atomic mass is 9.81. The molecule has 0 amide bonds. The van der Waals surface area contributed by atoms with Gasteiger partial charge >= 0.3 is 0 Å². The quantitative estimate of drug-likeness (QED) is 0.169. The lowest BCUT2D eigenvalue weighted by molar-refractivity contribution is 0.668. The summed E-state index contributed by atoms with van der Waals surface area (Å²) >= 11 is 0. The van der Waals surface area contributed by atoms with Gasteiger partial charge in [-0.25, -0.2) is 0 Å². The zero-order chi connectivity index (χ0) is 43.9. The predicted molar refractivity (Wildman–Crippen MR) is 279 cm³/mol. The minimum Gasteiger partial charge on any atom is -0.455 e. The summed E-state index contributed by atoms with van der Waals surface area (Å²) in [6.45, 7) is 4.61. The van der Waals surface area contributed by atoms with E-state index in [2.05, 4.69) is 247 Å². The maximum absolute atomic E-state index is 6.75. The molecule has 1 aliphatic rings. The maximum Gasteiger partial charge on any atom is 0.143 e. The second kappa shape index (κ2) is 14.8. The Kier molecular flexibility index (Phi) is 8.56. The van der Waals surface area contributed by atoms with Gasteiger partial charge in [-0.3, -0.25) is 0 Å². The molecule has 3 aromatic heterocycles. The highest BCUT2D eigenvalue weighted by atomic mass is 16.3. The largest absolute Gasteiger partial charge is 0.455 e. The number of nitrogens with zero attached hydrogens (tertiary/aromatic N) is 2. The van der Waals surface area contributed by atoms with Crippen LogP contribution in [0, 0.1) is 0 Å². The van der Waals surface area contributed by atoms with Gasteiger partial charge in [0, 0.05) is 60.2 Å². The summed E-state index contributed by atoms with van der Waals surface area (Å²) in [4.78, 5) is 0. The van der Waals surface area contributed by atoms with E-state index in [1.54, 1.807) is 0 Å². The van der Waals surface area contributed by atoms with E-state index in [4.69, 9.17) is 4.42 Å². The first-order valence-electron chi connectivity index (χ1n) is 22.8. The Morgan fingerprint density at radius 3 is 1.86 bits per heavy atom. The van der Waals surface area contributed by atoms with Gasteiger partial charge in [0.05, 0.1) is 22.1 Å². The van der Waals surface area contributed by atoms with Crippen LogP contribution in [0.3, 0.4) is 0 Å². The van der Waals surface area contributed by atoms with Crippen molar-refractivity contribution < 1.29 is 4.42 Å². The number of para-hydroxylation sites is 6. The molecule has 0 fully saturated rings. The van der Waals surface area contributed by atoms with E-state index < -0.39 is 0 Å². The fourth-order valence-corrected chi connectivity index (χ4v) is 10.8. The Balaban J connectivity index is 1.10. The Morgan fingerprint density at radius 2 is 1.03 bits per heavy atom. The van der Waals surface area contributed by atoms with Crippen LogP contribution >= 0.6 is 0 Å². The number of allylic oxidation sites excluding steroid dienone is 5. The number of aromatic nitrogens is 2. The van der Waals surface area contributed by atoms with E-state index >= 15 is 0 Å². The highest BCUT2D eigenvalue weighted by molar-refractivity contribution is 6.18. The van der Waals surface area contributed by atoms with Crippen molar-refractivity contribution in [3.63, 3.8) is 0 Å². The number of hydrogen-bond acceptors (Lipinski definition) is 1. The van der Waals surface area contributed by atoms with Gasteiger partial charge in [-0.15, -0.1) is 0 Å². The van der Waals surface area contributed by atoms with Crippen LogP contribution in [0.4, 0.5) is 0 Å². The van der Waals surface area contributed by atoms with Gasteiger partial charge in [-0.1, -0.05) is 178 Å². The average Bonchev–Trinajstić information content (AvgIpc) is 4.04. The SMILES string of the molecule is CC1(C)/C=C/C(n2c3ccccc3c3c(-c4cc(-c5cccc6c5oc5ccccc56)cc(-c5cccc6c7ccccc7n(-c7ccccc7)c56)c4)cccc32)=C\C=C\c2ccccc21. The topological polar surface area (TPSA) is 23.0 Å². The van der Waals surface area contributed by atoms with Crippen LogP contribution in [-0.4, -0.2) is 9.13 Å². The first kappa shape index (κ1) is 38.1. The fourth-order valence-electron chi connectivity index (χ4n) is 10.8. The Bertz CT molecular complexity index is 4020. The van der Waals surface area contributed by atoms with Crippen LogP contribution in [0.25, 0.3) is 116 Å². The molecule has 3 heterocycles. The van der Waals surface area contributed by atoms with E-state index in [1.165, 1.54) is 60.3 Å². The maximum atomic E-state index is 6.75. The Labute approximate surface area is 383 Å². The molecule has 0 saturated heterocycles. The molecule has 0 saturated carbocycles.